The SMILES string of the molecule is COC(=O)c1c(C)oc2ccc(O[C@@H](C)C(=O)[O-])cc12. The highest BCUT2D eigenvalue weighted by Crippen LogP contribution is 2.29. The molecule has 0 fully saturated rings. The summed E-state index contributed by atoms with van der Waals surface area (Å²) in [5, 5.41) is 11.2. The van der Waals surface area contributed by atoms with E-state index in [1.54, 1.807) is 19.1 Å². The topological polar surface area (TPSA) is 88.8 Å². The molecule has 1 heterocycles. The van der Waals surface area contributed by atoms with Gasteiger partial charge in [0, 0.05) is 5.39 Å². The number of aliphatic carboxylic acids is 1. The molecule has 0 aliphatic rings. The molecular weight excluding hydrogens is 264 g/mol. The number of carboxylic acids is 1. The van der Waals surface area contributed by atoms with Gasteiger partial charge in [-0.2, -0.15) is 0 Å². The molecular formula is C14H13O6-. The van der Waals surface area contributed by atoms with E-state index in [0.29, 0.717) is 28.0 Å². The zero-order valence-electron chi connectivity index (χ0n) is 11.3. The third-order valence-electron chi connectivity index (χ3n) is 2.87. The predicted molar refractivity (Wildman–Crippen MR) is 67.4 cm³/mol. The molecule has 2 aromatic rings. The number of benzene rings is 1. The van der Waals surface area contributed by atoms with E-state index in [1.807, 2.05) is 0 Å². The number of hydrogen-bond acceptors (Lipinski definition) is 6. The number of hydrogen-bond donors (Lipinski definition) is 0. The standard InChI is InChI=1S/C14H14O6/c1-7-12(14(17)18-3)10-6-9(4-5-11(10)20-7)19-8(2)13(15)16/h4-6,8H,1-3H3,(H,15,16)/p-1/t8-/m0/s1. The van der Waals surface area contributed by atoms with Crippen molar-refractivity contribution in [2.24, 2.45) is 0 Å². The van der Waals surface area contributed by atoms with Gasteiger partial charge in [0.15, 0.2) is 0 Å². The number of aryl methyl sites for hydroxylation is 1. The van der Waals surface area contributed by atoms with Gasteiger partial charge in [0.05, 0.1) is 13.1 Å². The number of methoxy groups -OCH3 is 1. The molecule has 1 aromatic carbocycles. The molecule has 0 amide bonds. The van der Waals surface area contributed by atoms with Crippen LogP contribution in [0.15, 0.2) is 22.6 Å². The summed E-state index contributed by atoms with van der Waals surface area (Å²) in [7, 11) is 1.28. The fraction of sp³-hybridized carbons (Fsp3) is 0.286. The third kappa shape index (κ3) is 2.45. The fourth-order valence-electron chi connectivity index (χ4n) is 1.88. The summed E-state index contributed by atoms with van der Waals surface area (Å²) in [6, 6.07) is 4.70. The Morgan fingerprint density at radius 2 is 2.05 bits per heavy atom. The van der Waals surface area contributed by atoms with E-state index in [9.17, 15) is 14.7 Å². The number of carbonyl (C=O) groups is 2. The van der Waals surface area contributed by atoms with Crippen molar-refractivity contribution in [1.29, 1.82) is 0 Å². The van der Waals surface area contributed by atoms with Gasteiger partial charge in [-0.25, -0.2) is 4.79 Å². The van der Waals surface area contributed by atoms with Crippen molar-refractivity contribution < 1.29 is 28.6 Å². The minimum Gasteiger partial charge on any atom is -0.546 e. The first-order chi connectivity index (χ1) is 9.43. The lowest BCUT2D eigenvalue weighted by Gasteiger charge is -2.15. The smallest absolute Gasteiger partial charge is 0.342 e. The second kappa shape index (κ2) is 5.24. The van der Waals surface area contributed by atoms with Gasteiger partial charge in [0.2, 0.25) is 0 Å². The Bertz CT molecular complexity index is 670. The van der Waals surface area contributed by atoms with Crippen LogP contribution in [-0.4, -0.2) is 25.2 Å². The molecule has 6 nitrogen and oxygen atoms in total. The van der Waals surface area contributed by atoms with Crippen LogP contribution in [0.3, 0.4) is 0 Å². The average molecular weight is 277 g/mol. The van der Waals surface area contributed by atoms with Crippen LogP contribution >= 0.6 is 0 Å². The molecule has 106 valence electrons. The highest BCUT2D eigenvalue weighted by molar-refractivity contribution is 6.04. The van der Waals surface area contributed by atoms with Crippen molar-refractivity contribution >= 4 is 22.9 Å². The first-order valence-corrected chi connectivity index (χ1v) is 5.93. The number of ether oxygens (including phenoxy) is 2. The van der Waals surface area contributed by atoms with Crippen LogP contribution in [0.1, 0.15) is 23.0 Å². The molecule has 2 rings (SSSR count). The molecule has 0 aliphatic carbocycles. The number of carboxylic acid groups (broad SMARTS) is 1. The van der Waals surface area contributed by atoms with Crippen molar-refractivity contribution in [1.82, 2.24) is 0 Å². The van der Waals surface area contributed by atoms with Crippen LogP contribution < -0.4 is 9.84 Å². The molecule has 0 radical (unpaired) electrons. The fourth-order valence-corrected chi connectivity index (χ4v) is 1.88. The normalized spacial score (nSPS) is 12.2. The summed E-state index contributed by atoms with van der Waals surface area (Å²) in [6.45, 7) is 3.01. The first kappa shape index (κ1) is 13.9. The van der Waals surface area contributed by atoms with Crippen LogP contribution in [0.2, 0.25) is 0 Å². The van der Waals surface area contributed by atoms with E-state index in [2.05, 4.69) is 0 Å². The Morgan fingerprint density at radius 1 is 1.35 bits per heavy atom. The molecule has 1 aromatic heterocycles. The predicted octanol–water partition coefficient (Wildman–Crippen LogP) is 1.05. The lowest BCUT2D eigenvalue weighted by molar-refractivity contribution is -0.312. The largest absolute Gasteiger partial charge is 0.546 e. The summed E-state index contributed by atoms with van der Waals surface area (Å²) in [5.41, 5.74) is 0.797. The van der Waals surface area contributed by atoms with E-state index in [0.717, 1.165) is 0 Å². The molecule has 0 bridgehead atoms. The van der Waals surface area contributed by atoms with Gasteiger partial charge in [0.1, 0.15) is 28.8 Å². The van der Waals surface area contributed by atoms with E-state index < -0.39 is 18.0 Å². The molecule has 0 saturated heterocycles. The minimum absolute atomic E-state index is 0.300. The van der Waals surface area contributed by atoms with Gasteiger partial charge < -0.3 is 23.8 Å². The Hall–Kier alpha value is -2.50. The van der Waals surface area contributed by atoms with Gasteiger partial charge in [-0.15, -0.1) is 0 Å². The monoisotopic (exact) mass is 277 g/mol. The second-order valence-electron chi connectivity index (χ2n) is 4.26. The lowest BCUT2D eigenvalue weighted by atomic mass is 10.1. The third-order valence-corrected chi connectivity index (χ3v) is 2.87. The van der Waals surface area contributed by atoms with Gasteiger partial charge in [0.25, 0.3) is 0 Å². The molecule has 1 atom stereocenters. The van der Waals surface area contributed by atoms with E-state index in [4.69, 9.17) is 13.9 Å². The molecule has 0 unspecified atom stereocenters. The van der Waals surface area contributed by atoms with Gasteiger partial charge in [-0.05, 0) is 32.0 Å². The van der Waals surface area contributed by atoms with Crippen molar-refractivity contribution in [3.63, 3.8) is 0 Å². The molecule has 6 heteroatoms. The average Bonchev–Trinajstić information content (AvgIpc) is 2.73. The van der Waals surface area contributed by atoms with Crippen LogP contribution in [0.4, 0.5) is 0 Å². The van der Waals surface area contributed by atoms with E-state index in [1.165, 1.54) is 20.1 Å². The number of fused-ring (bicyclic) bond motifs is 1. The van der Waals surface area contributed by atoms with Crippen LogP contribution in [0.25, 0.3) is 11.0 Å². The van der Waals surface area contributed by atoms with Gasteiger partial charge >= 0.3 is 5.97 Å². The van der Waals surface area contributed by atoms with Crippen LogP contribution in [0, 0.1) is 6.92 Å². The van der Waals surface area contributed by atoms with Crippen molar-refractivity contribution in [2.45, 2.75) is 20.0 Å². The number of esters is 1. The summed E-state index contributed by atoms with van der Waals surface area (Å²) >= 11 is 0. The Kier molecular flexibility index (Phi) is 3.65. The maximum Gasteiger partial charge on any atom is 0.342 e. The number of furan rings is 1. The molecule has 0 N–H and O–H groups in total. The quantitative estimate of drug-likeness (QED) is 0.776. The summed E-state index contributed by atoms with van der Waals surface area (Å²) in [6.07, 6.45) is -1.10. The Morgan fingerprint density at radius 3 is 2.65 bits per heavy atom. The molecule has 20 heavy (non-hydrogen) atoms. The first-order valence-electron chi connectivity index (χ1n) is 5.93. The van der Waals surface area contributed by atoms with Crippen LogP contribution in [-0.2, 0) is 9.53 Å². The highest BCUT2D eigenvalue weighted by atomic mass is 16.5. The number of carbonyl (C=O) groups excluding carboxylic acids is 2. The molecule has 0 saturated carbocycles. The lowest BCUT2D eigenvalue weighted by Crippen LogP contribution is -2.37. The summed E-state index contributed by atoms with van der Waals surface area (Å²) in [5.74, 6) is -1.11. The second-order valence-corrected chi connectivity index (χ2v) is 4.26. The minimum atomic E-state index is -1.32. The van der Waals surface area contributed by atoms with Crippen LogP contribution in [0.5, 0.6) is 5.75 Å². The van der Waals surface area contributed by atoms with Crippen molar-refractivity contribution in [3.8, 4) is 5.75 Å². The van der Waals surface area contributed by atoms with Gasteiger partial charge in [-0.1, -0.05) is 0 Å². The Balaban J connectivity index is 2.47. The van der Waals surface area contributed by atoms with E-state index >= 15 is 0 Å². The van der Waals surface area contributed by atoms with Crippen molar-refractivity contribution in [2.75, 3.05) is 7.11 Å². The molecule has 0 spiro atoms. The van der Waals surface area contributed by atoms with Crippen molar-refractivity contribution in [3.05, 3.63) is 29.5 Å². The Labute approximate surface area is 114 Å². The summed E-state index contributed by atoms with van der Waals surface area (Å²) < 4.78 is 15.3. The zero-order valence-corrected chi connectivity index (χ0v) is 11.3. The zero-order chi connectivity index (χ0) is 14.9. The van der Waals surface area contributed by atoms with Gasteiger partial charge in [-0.3, -0.25) is 0 Å². The maximum atomic E-state index is 11.7. The highest BCUT2D eigenvalue weighted by Gasteiger charge is 2.19. The molecule has 0 aliphatic heterocycles. The maximum absolute atomic E-state index is 11.7. The van der Waals surface area contributed by atoms with E-state index in [-0.39, 0.29) is 0 Å². The number of rotatable bonds is 4. The summed E-state index contributed by atoms with van der Waals surface area (Å²) in [4.78, 5) is 22.4.